The van der Waals surface area contributed by atoms with E-state index >= 15 is 0 Å². The van der Waals surface area contributed by atoms with Crippen molar-refractivity contribution in [3.8, 4) is 0 Å². The molecule has 0 aliphatic carbocycles. The Morgan fingerprint density at radius 1 is 1.10 bits per heavy atom. The molecule has 0 saturated carbocycles. The molecule has 100 valence electrons. The number of hydrogen-bond donors (Lipinski definition) is 1. The lowest BCUT2D eigenvalue weighted by Gasteiger charge is -2.07. The van der Waals surface area contributed by atoms with Gasteiger partial charge in [-0.25, -0.2) is 4.39 Å². The summed E-state index contributed by atoms with van der Waals surface area (Å²) >= 11 is 0. The van der Waals surface area contributed by atoms with Gasteiger partial charge in [-0.2, -0.15) is 0 Å². The number of nitrogens with one attached hydrogen (secondary N) is 1. The average molecular weight is 268 g/mol. The number of carbonyl (C=O) groups is 1. The van der Waals surface area contributed by atoms with Crippen LogP contribution in [0.5, 0.6) is 0 Å². The molecule has 1 N–H and O–H groups in total. The number of amides is 1. The van der Waals surface area contributed by atoms with Crippen LogP contribution < -0.4 is 5.32 Å². The van der Waals surface area contributed by atoms with Crippen LogP contribution in [0.3, 0.4) is 0 Å². The molecule has 0 unspecified atom stereocenters. The Labute approximate surface area is 115 Å². The van der Waals surface area contributed by atoms with Crippen molar-refractivity contribution < 1.29 is 9.18 Å². The monoisotopic (exact) mass is 268 g/mol. The van der Waals surface area contributed by atoms with Crippen LogP contribution >= 0.6 is 0 Å². The molecule has 1 amide bonds. The smallest absolute Gasteiger partial charge is 0.244 e. The summed E-state index contributed by atoms with van der Waals surface area (Å²) in [6.07, 6.45) is 1.79. The molecule has 4 heteroatoms. The molecule has 20 heavy (non-hydrogen) atoms. The average Bonchev–Trinajstić information content (AvgIpc) is 2.82. The molecule has 0 aliphatic rings. The molecule has 3 rings (SSSR count). The van der Waals surface area contributed by atoms with Crippen LogP contribution in [-0.2, 0) is 11.3 Å². The van der Waals surface area contributed by atoms with Gasteiger partial charge in [0.15, 0.2) is 0 Å². The predicted octanol–water partition coefficient (Wildman–Crippen LogP) is 3.42. The third-order valence-electron chi connectivity index (χ3n) is 3.10. The Morgan fingerprint density at radius 3 is 2.70 bits per heavy atom. The number of benzene rings is 2. The summed E-state index contributed by atoms with van der Waals surface area (Å²) in [5, 5.41) is 3.61. The van der Waals surface area contributed by atoms with Gasteiger partial charge in [0.2, 0.25) is 5.91 Å². The lowest BCUT2D eigenvalue weighted by molar-refractivity contribution is -0.116. The highest BCUT2D eigenvalue weighted by Gasteiger charge is 2.07. The Morgan fingerprint density at radius 2 is 1.90 bits per heavy atom. The molecule has 0 spiro atoms. The molecular formula is C16H13FN2O. The fourth-order valence-corrected chi connectivity index (χ4v) is 2.19. The van der Waals surface area contributed by atoms with Crippen molar-refractivity contribution in [1.82, 2.24) is 4.57 Å². The normalized spacial score (nSPS) is 10.7. The first-order valence-corrected chi connectivity index (χ1v) is 6.32. The quantitative estimate of drug-likeness (QED) is 0.776. The van der Waals surface area contributed by atoms with Crippen molar-refractivity contribution in [2.45, 2.75) is 6.54 Å². The van der Waals surface area contributed by atoms with Gasteiger partial charge in [0.1, 0.15) is 12.4 Å². The molecule has 0 saturated heterocycles. The summed E-state index contributed by atoms with van der Waals surface area (Å²) < 4.78 is 14.9. The number of carbonyl (C=O) groups excluding carboxylic acids is 1. The maximum absolute atomic E-state index is 13.1. The van der Waals surface area contributed by atoms with E-state index in [0.29, 0.717) is 0 Å². The van der Waals surface area contributed by atoms with Crippen LogP contribution in [-0.4, -0.2) is 10.5 Å². The fourth-order valence-electron chi connectivity index (χ4n) is 2.19. The van der Waals surface area contributed by atoms with Gasteiger partial charge in [-0.1, -0.05) is 18.2 Å². The second-order valence-corrected chi connectivity index (χ2v) is 4.56. The van der Waals surface area contributed by atoms with E-state index in [-0.39, 0.29) is 18.3 Å². The predicted molar refractivity (Wildman–Crippen MR) is 77.0 cm³/mol. The van der Waals surface area contributed by atoms with Gasteiger partial charge in [0.05, 0.1) is 0 Å². The van der Waals surface area contributed by atoms with Crippen molar-refractivity contribution in [1.29, 1.82) is 0 Å². The van der Waals surface area contributed by atoms with E-state index in [4.69, 9.17) is 0 Å². The van der Waals surface area contributed by atoms with E-state index in [1.807, 2.05) is 30.3 Å². The summed E-state index contributed by atoms with van der Waals surface area (Å²) in [6.45, 7) is 0.198. The first kappa shape index (κ1) is 12.4. The second-order valence-electron chi connectivity index (χ2n) is 4.56. The van der Waals surface area contributed by atoms with Gasteiger partial charge in [0.25, 0.3) is 0 Å². The number of nitrogens with zero attached hydrogens (tertiary/aromatic N) is 1. The molecule has 1 aromatic heterocycles. The van der Waals surface area contributed by atoms with Crippen LogP contribution in [0.4, 0.5) is 10.1 Å². The maximum atomic E-state index is 13.1. The largest absolute Gasteiger partial charge is 0.338 e. The van der Waals surface area contributed by atoms with Crippen LogP contribution in [0.2, 0.25) is 0 Å². The number of fused-ring (bicyclic) bond motifs is 1. The van der Waals surface area contributed by atoms with Crippen molar-refractivity contribution in [3.63, 3.8) is 0 Å². The summed E-state index contributed by atoms with van der Waals surface area (Å²) in [7, 11) is 0. The Balaban J connectivity index is 1.78. The highest BCUT2D eigenvalue weighted by atomic mass is 19.1. The Kier molecular flexibility index (Phi) is 3.21. The summed E-state index contributed by atoms with van der Waals surface area (Å²) in [5.41, 5.74) is 1.61. The van der Waals surface area contributed by atoms with Gasteiger partial charge in [-0.3, -0.25) is 4.79 Å². The molecule has 0 atom stereocenters. The second kappa shape index (κ2) is 5.17. The number of para-hydroxylation sites is 1. The van der Waals surface area contributed by atoms with Gasteiger partial charge in [0, 0.05) is 22.8 Å². The standard InChI is InChI=1S/C16H13FN2O/c17-13-6-7-15-12(10-13)8-9-19(15)11-16(20)18-14-4-2-1-3-5-14/h1-10H,11H2,(H,18,20). The molecule has 2 aromatic carbocycles. The number of halogens is 1. The lowest BCUT2D eigenvalue weighted by atomic mass is 10.2. The number of rotatable bonds is 3. The Bertz CT molecular complexity index is 750. The van der Waals surface area contributed by atoms with Crippen LogP contribution in [0.25, 0.3) is 10.9 Å². The van der Waals surface area contributed by atoms with Crippen molar-refractivity contribution in [2.75, 3.05) is 5.32 Å². The Hall–Kier alpha value is -2.62. The zero-order chi connectivity index (χ0) is 13.9. The van der Waals surface area contributed by atoms with E-state index in [9.17, 15) is 9.18 Å². The van der Waals surface area contributed by atoms with Gasteiger partial charge in [-0.05, 0) is 36.4 Å². The van der Waals surface area contributed by atoms with E-state index in [1.165, 1.54) is 12.1 Å². The highest BCUT2D eigenvalue weighted by molar-refractivity contribution is 5.92. The number of aromatic nitrogens is 1. The van der Waals surface area contributed by atoms with Crippen LogP contribution in [0.15, 0.2) is 60.8 Å². The van der Waals surface area contributed by atoms with Crippen molar-refractivity contribution >= 4 is 22.5 Å². The molecular weight excluding hydrogens is 255 g/mol. The van der Waals surface area contributed by atoms with E-state index in [0.717, 1.165) is 16.6 Å². The third-order valence-corrected chi connectivity index (χ3v) is 3.10. The SMILES string of the molecule is O=C(Cn1ccc2cc(F)ccc21)Nc1ccccc1. The number of anilines is 1. The van der Waals surface area contributed by atoms with Gasteiger partial charge >= 0.3 is 0 Å². The topological polar surface area (TPSA) is 34.0 Å². The summed E-state index contributed by atoms with van der Waals surface area (Å²) in [4.78, 5) is 12.0. The lowest BCUT2D eigenvalue weighted by Crippen LogP contribution is -2.18. The summed E-state index contributed by atoms with van der Waals surface area (Å²) in [5.74, 6) is -0.387. The molecule has 3 nitrogen and oxygen atoms in total. The highest BCUT2D eigenvalue weighted by Crippen LogP contribution is 2.17. The summed E-state index contributed by atoms with van der Waals surface area (Å²) in [6, 6.07) is 15.6. The van der Waals surface area contributed by atoms with Gasteiger partial charge in [-0.15, -0.1) is 0 Å². The van der Waals surface area contributed by atoms with Gasteiger partial charge < -0.3 is 9.88 Å². The first-order valence-electron chi connectivity index (χ1n) is 6.32. The molecule has 3 aromatic rings. The first-order chi connectivity index (χ1) is 9.72. The molecule has 0 aliphatic heterocycles. The fraction of sp³-hybridized carbons (Fsp3) is 0.0625. The zero-order valence-electron chi connectivity index (χ0n) is 10.7. The number of hydrogen-bond acceptors (Lipinski definition) is 1. The maximum Gasteiger partial charge on any atom is 0.244 e. The third kappa shape index (κ3) is 2.54. The zero-order valence-corrected chi connectivity index (χ0v) is 10.7. The van der Waals surface area contributed by atoms with Crippen molar-refractivity contribution in [2.24, 2.45) is 0 Å². The molecule has 0 radical (unpaired) electrons. The molecule has 0 fully saturated rings. The molecule has 0 bridgehead atoms. The minimum atomic E-state index is -0.274. The van der Waals surface area contributed by atoms with E-state index in [1.54, 1.807) is 22.9 Å². The minimum Gasteiger partial charge on any atom is -0.338 e. The minimum absolute atomic E-state index is 0.113. The molecule has 1 heterocycles. The van der Waals surface area contributed by atoms with E-state index in [2.05, 4.69) is 5.32 Å². The van der Waals surface area contributed by atoms with Crippen LogP contribution in [0.1, 0.15) is 0 Å². The van der Waals surface area contributed by atoms with E-state index < -0.39 is 0 Å². The van der Waals surface area contributed by atoms with Crippen LogP contribution in [0, 0.1) is 5.82 Å². The van der Waals surface area contributed by atoms with Crippen molar-refractivity contribution in [3.05, 3.63) is 66.6 Å².